The van der Waals surface area contributed by atoms with Gasteiger partial charge in [-0.2, -0.15) is 0 Å². The molecule has 1 amide bonds. The second kappa shape index (κ2) is 7.95. The lowest BCUT2D eigenvalue weighted by Crippen LogP contribution is -2.25. The fourth-order valence-corrected chi connectivity index (χ4v) is 3.84. The van der Waals surface area contributed by atoms with Gasteiger partial charge < -0.3 is 9.73 Å². The maximum Gasteiger partial charge on any atom is 0.291 e. The van der Waals surface area contributed by atoms with E-state index >= 15 is 0 Å². The number of carbonyl (C=O) groups excluding carboxylic acids is 1. The van der Waals surface area contributed by atoms with Crippen LogP contribution >= 0.6 is 0 Å². The molecule has 3 rings (SSSR count). The number of hydrogen-bond donors (Lipinski definition) is 2. The molecule has 0 fully saturated rings. The summed E-state index contributed by atoms with van der Waals surface area (Å²) in [4.78, 5) is 12.5. The zero-order chi connectivity index (χ0) is 20.3. The fraction of sp³-hybridized carbons (Fsp3) is 0.150. The van der Waals surface area contributed by atoms with E-state index in [4.69, 9.17) is 4.42 Å². The predicted octanol–water partition coefficient (Wildman–Crippen LogP) is 3.74. The first-order valence-electron chi connectivity index (χ1n) is 8.46. The van der Waals surface area contributed by atoms with Crippen molar-refractivity contribution < 1.29 is 22.0 Å². The van der Waals surface area contributed by atoms with E-state index in [0.29, 0.717) is 27.8 Å². The standard InChI is InChI=1S/C20H19FN2O4S/c1-3-10-22-28(25,26)12-14-4-7-16(8-5-14)23-20(24)19-13(2)17-11-15(21)6-9-18(17)27-19/h3-9,11,22H,1,10,12H2,2H3,(H,23,24). The molecule has 0 atom stereocenters. The maximum absolute atomic E-state index is 13.4. The number of benzene rings is 2. The van der Waals surface area contributed by atoms with E-state index in [1.165, 1.54) is 24.3 Å². The van der Waals surface area contributed by atoms with Gasteiger partial charge in [-0.15, -0.1) is 6.58 Å². The molecule has 0 spiro atoms. The number of aryl methyl sites for hydroxylation is 1. The minimum absolute atomic E-state index is 0.0980. The Morgan fingerprint density at radius 2 is 1.93 bits per heavy atom. The van der Waals surface area contributed by atoms with E-state index in [9.17, 15) is 17.6 Å². The smallest absolute Gasteiger partial charge is 0.291 e. The Bertz CT molecular complexity index is 1130. The van der Waals surface area contributed by atoms with Crippen LogP contribution in [0.1, 0.15) is 21.7 Å². The minimum Gasteiger partial charge on any atom is -0.451 e. The summed E-state index contributed by atoms with van der Waals surface area (Å²) in [6.45, 7) is 5.31. The zero-order valence-corrected chi connectivity index (χ0v) is 16.0. The molecule has 146 valence electrons. The summed E-state index contributed by atoms with van der Waals surface area (Å²) in [5.41, 5.74) is 2.03. The molecule has 1 aromatic heterocycles. The Morgan fingerprint density at radius 1 is 1.21 bits per heavy atom. The van der Waals surface area contributed by atoms with Crippen LogP contribution in [0.5, 0.6) is 0 Å². The van der Waals surface area contributed by atoms with Crippen molar-refractivity contribution in [3.8, 4) is 0 Å². The predicted molar refractivity (Wildman–Crippen MR) is 106 cm³/mol. The van der Waals surface area contributed by atoms with E-state index in [0.717, 1.165) is 0 Å². The number of sulfonamides is 1. The van der Waals surface area contributed by atoms with E-state index < -0.39 is 21.7 Å². The summed E-state index contributed by atoms with van der Waals surface area (Å²) in [5.74, 6) is -0.956. The van der Waals surface area contributed by atoms with Gasteiger partial charge in [0.25, 0.3) is 5.91 Å². The topological polar surface area (TPSA) is 88.4 Å². The van der Waals surface area contributed by atoms with Crippen LogP contribution in [0.4, 0.5) is 10.1 Å². The van der Waals surface area contributed by atoms with Gasteiger partial charge in [-0.05, 0) is 42.8 Å². The lowest BCUT2D eigenvalue weighted by Gasteiger charge is -2.07. The lowest BCUT2D eigenvalue weighted by atomic mass is 10.1. The van der Waals surface area contributed by atoms with Crippen molar-refractivity contribution in [1.82, 2.24) is 4.72 Å². The van der Waals surface area contributed by atoms with Gasteiger partial charge in [0.1, 0.15) is 11.4 Å². The maximum atomic E-state index is 13.4. The molecule has 28 heavy (non-hydrogen) atoms. The molecule has 0 radical (unpaired) electrons. The van der Waals surface area contributed by atoms with Crippen LogP contribution < -0.4 is 10.0 Å². The van der Waals surface area contributed by atoms with Crippen LogP contribution in [0, 0.1) is 12.7 Å². The van der Waals surface area contributed by atoms with Gasteiger partial charge in [-0.25, -0.2) is 17.5 Å². The third kappa shape index (κ3) is 4.47. The Hall–Kier alpha value is -2.97. The van der Waals surface area contributed by atoms with Crippen LogP contribution in [-0.4, -0.2) is 20.9 Å². The van der Waals surface area contributed by atoms with Gasteiger partial charge in [0.2, 0.25) is 10.0 Å². The van der Waals surface area contributed by atoms with Gasteiger partial charge in [-0.1, -0.05) is 18.2 Å². The number of amides is 1. The number of halogens is 1. The van der Waals surface area contributed by atoms with Crippen molar-refractivity contribution in [2.24, 2.45) is 0 Å². The van der Waals surface area contributed by atoms with Crippen LogP contribution in [0.25, 0.3) is 11.0 Å². The number of carbonyl (C=O) groups is 1. The molecule has 6 nitrogen and oxygen atoms in total. The Labute approximate surface area is 162 Å². The highest BCUT2D eigenvalue weighted by Crippen LogP contribution is 2.26. The molecule has 0 aliphatic rings. The van der Waals surface area contributed by atoms with E-state index in [1.54, 1.807) is 31.2 Å². The van der Waals surface area contributed by atoms with Crippen molar-refractivity contribution in [2.75, 3.05) is 11.9 Å². The quantitative estimate of drug-likeness (QED) is 0.589. The monoisotopic (exact) mass is 402 g/mol. The molecule has 0 aliphatic heterocycles. The molecule has 8 heteroatoms. The van der Waals surface area contributed by atoms with Crippen molar-refractivity contribution in [2.45, 2.75) is 12.7 Å². The summed E-state index contributed by atoms with van der Waals surface area (Å²) in [7, 11) is -3.45. The van der Waals surface area contributed by atoms with E-state index in [2.05, 4.69) is 16.6 Å². The molecule has 2 aromatic carbocycles. The second-order valence-electron chi connectivity index (χ2n) is 6.24. The molecule has 0 aliphatic carbocycles. The summed E-state index contributed by atoms with van der Waals surface area (Å²) >= 11 is 0. The average molecular weight is 402 g/mol. The first-order valence-corrected chi connectivity index (χ1v) is 10.1. The molecule has 3 aromatic rings. The van der Waals surface area contributed by atoms with Gasteiger partial charge in [0.05, 0.1) is 5.75 Å². The number of furan rings is 1. The highest BCUT2D eigenvalue weighted by atomic mass is 32.2. The fourth-order valence-electron chi connectivity index (χ4n) is 2.74. The van der Waals surface area contributed by atoms with E-state index in [-0.39, 0.29) is 18.1 Å². The normalized spacial score (nSPS) is 11.5. The van der Waals surface area contributed by atoms with Crippen molar-refractivity contribution in [3.63, 3.8) is 0 Å². The summed E-state index contributed by atoms with van der Waals surface area (Å²) in [5, 5.41) is 3.23. The van der Waals surface area contributed by atoms with Gasteiger partial charge in [0, 0.05) is 23.2 Å². The Balaban J connectivity index is 1.73. The number of rotatable bonds is 7. The highest BCUT2D eigenvalue weighted by molar-refractivity contribution is 7.88. The van der Waals surface area contributed by atoms with Crippen LogP contribution in [-0.2, 0) is 15.8 Å². The van der Waals surface area contributed by atoms with E-state index in [1.807, 2.05) is 0 Å². The molecular weight excluding hydrogens is 383 g/mol. The first kappa shape index (κ1) is 19.8. The Morgan fingerprint density at radius 3 is 2.61 bits per heavy atom. The number of anilines is 1. The first-order chi connectivity index (χ1) is 13.3. The van der Waals surface area contributed by atoms with Gasteiger partial charge in [0.15, 0.2) is 5.76 Å². The number of hydrogen-bond acceptors (Lipinski definition) is 4. The van der Waals surface area contributed by atoms with Crippen molar-refractivity contribution in [3.05, 3.63) is 77.8 Å². The summed E-state index contributed by atoms with van der Waals surface area (Å²) in [6.07, 6.45) is 1.46. The average Bonchev–Trinajstić information content (AvgIpc) is 2.98. The van der Waals surface area contributed by atoms with Crippen LogP contribution in [0.15, 0.2) is 59.5 Å². The van der Waals surface area contributed by atoms with Gasteiger partial charge >= 0.3 is 0 Å². The Kier molecular flexibility index (Phi) is 5.62. The summed E-state index contributed by atoms with van der Waals surface area (Å²) in [6, 6.07) is 10.5. The molecule has 0 saturated heterocycles. The molecule has 1 heterocycles. The SMILES string of the molecule is C=CCNS(=O)(=O)Cc1ccc(NC(=O)c2oc3ccc(F)cc3c2C)cc1. The van der Waals surface area contributed by atoms with Crippen LogP contribution in [0.2, 0.25) is 0 Å². The zero-order valence-electron chi connectivity index (χ0n) is 15.2. The lowest BCUT2D eigenvalue weighted by molar-refractivity contribution is 0.0998. The third-order valence-electron chi connectivity index (χ3n) is 4.12. The van der Waals surface area contributed by atoms with Gasteiger partial charge in [-0.3, -0.25) is 4.79 Å². The second-order valence-corrected chi connectivity index (χ2v) is 8.05. The molecule has 0 bridgehead atoms. The number of fused-ring (bicyclic) bond motifs is 1. The van der Waals surface area contributed by atoms with Crippen molar-refractivity contribution >= 4 is 32.6 Å². The largest absolute Gasteiger partial charge is 0.451 e. The number of nitrogens with one attached hydrogen (secondary N) is 2. The third-order valence-corrected chi connectivity index (χ3v) is 5.44. The summed E-state index contributed by atoms with van der Waals surface area (Å²) < 4.78 is 45.1. The molecule has 0 unspecified atom stereocenters. The molecular formula is C20H19FN2O4S. The highest BCUT2D eigenvalue weighted by Gasteiger charge is 2.18. The molecule has 2 N–H and O–H groups in total. The van der Waals surface area contributed by atoms with Crippen LogP contribution in [0.3, 0.4) is 0 Å². The molecule has 0 saturated carbocycles. The minimum atomic E-state index is -3.45. The van der Waals surface area contributed by atoms with Crippen molar-refractivity contribution in [1.29, 1.82) is 0 Å².